The van der Waals surface area contributed by atoms with E-state index in [-0.39, 0.29) is 5.91 Å². The van der Waals surface area contributed by atoms with Crippen LogP contribution in [0.3, 0.4) is 0 Å². The summed E-state index contributed by atoms with van der Waals surface area (Å²) in [5, 5.41) is 2.90. The summed E-state index contributed by atoms with van der Waals surface area (Å²) in [5.41, 5.74) is 4.47. The summed E-state index contributed by atoms with van der Waals surface area (Å²) in [6.07, 6.45) is 3.93. The number of aromatic nitrogens is 2. The van der Waals surface area contributed by atoms with E-state index in [4.69, 9.17) is 9.72 Å². The lowest BCUT2D eigenvalue weighted by molar-refractivity contribution is -0.116. The van der Waals surface area contributed by atoms with Gasteiger partial charge in [-0.15, -0.1) is 0 Å². The molecule has 0 radical (unpaired) electrons. The van der Waals surface area contributed by atoms with Crippen molar-refractivity contribution in [1.29, 1.82) is 0 Å². The fourth-order valence-corrected chi connectivity index (χ4v) is 3.56. The summed E-state index contributed by atoms with van der Waals surface area (Å²) in [6.45, 7) is 10.1. The molecule has 0 fully saturated rings. The van der Waals surface area contributed by atoms with Gasteiger partial charge in [0.15, 0.2) is 0 Å². The van der Waals surface area contributed by atoms with Gasteiger partial charge < -0.3 is 14.6 Å². The molecule has 0 spiro atoms. The molecule has 30 heavy (non-hydrogen) atoms. The molecular weight excluding hydrogens is 374 g/mol. The molecule has 3 rings (SSSR count). The lowest BCUT2D eigenvalue weighted by Gasteiger charge is -2.16. The lowest BCUT2D eigenvalue weighted by Crippen LogP contribution is -2.25. The van der Waals surface area contributed by atoms with Crippen molar-refractivity contribution >= 4 is 16.9 Å². The molecule has 0 aliphatic carbocycles. The number of allylic oxidation sites excluding steroid dienone is 1. The summed E-state index contributed by atoms with van der Waals surface area (Å²) in [6, 6.07) is 14.5. The van der Waals surface area contributed by atoms with Gasteiger partial charge in [0.1, 0.15) is 18.2 Å². The van der Waals surface area contributed by atoms with Gasteiger partial charge in [0, 0.05) is 13.0 Å². The van der Waals surface area contributed by atoms with Crippen molar-refractivity contribution in [3.63, 3.8) is 0 Å². The van der Waals surface area contributed by atoms with Gasteiger partial charge in [0.2, 0.25) is 5.91 Å². The third kappa shape index (κ3) is 5.29. The minimum atomic E-state index is -0.0795. The molecule has 1 heterocycles. The summed E-state index contributed by atoms with van der Waals surface area (Å²) >= 11 is 0. The van der Waals surface area contributed by atoms with Crippen LogP contribution in [0, 0.1) is 6.92 Å². The topological polar surface area (TPSA) is 56.2 Å². The zero-order valence-electron chi connectivity index (χ0n) is 18.3. The molecule has 0 atom stereocenters. The number of aryl methyl sites for hydroxylation is 1. The molecule has 0 aliphatic heterocycles. The first-order valence-corrected chi connectivity index (χ1v) is 10.6. The van der Waals surface area contributed by atoms with Crippen molar-refractivity contribution < 1.29 is 9.53 Å². The number of ether oxygens (including phenoxy) is 1. The van der Waals surface area contributed by atoms with Crippen LogP contribution in [0.4, 0.5) is 0 Å². The molecule has 0 aliphatic rings. The van der Waals surface area contributed by atoms with E-state index < -0.39 is 0 Å². The fourth-order valence-electron chi connectivity index (χ4n) is 3.56. The van der Waals surface area contributed by atoms with Crippen LogP contribution < -0.4 is 10.1 Å². The molecule has 0 saturated heterocycles. The van der Waals surface area contributed by atoms with Crippen LogP contribution in [0.15, 0.2) is 54.6 Å². The van der Waals surface area contributed by atoms with Crippen LogP contribution in [0.1, 0.15) is 43.6 Å². The quantitative estimate of drug-likeness (QED) is 0.521. The second-order valence-electron chi connectivity index (χ2n) is 7.75. The molecular formula is C25H31N3O2. The second-order valence-corrected chi connectivity index (χ2v) is 7.75. The Morgan fingerprint density at radius 1 is 1.23 bits per heavy atom. The Labute approximate surface area is 178 Å². The van der Waals surface area contributed by atoms with Crippen molar-refractivity contribution in [2.75, 3.05) is 13.2 Å². The molecule has 5 heteroatoms. The van der Waals surface area contributed by atoms with Crippen LogP contribution in [-0.4, -0.2) is 28.6 Å². The molecule has 0 bridgehead atoms. The number of benzene rings is 2. The molecule has 2 aromatic carbocycles. The monoisotopic (exact) mass is 405 g/mol. The third-order valence-electron chi connectivity index (χ3n) is 5.06. The van der Waals surface area contributed by atoms with Crippen molar-refractivity contribution in [1.82, 2.24) is 14.9 Å². The van der Waals surface area contributed by atoms with Gasteiger partial charge in [-0.2, -0.15) is 0 Å². The summed E-state index contributed by atoms with van der Waals surface area (Å²) in [7, 11) is 0. The number of carbonyl (C=O) groups excluding carboxylic acids is 1. The summed E-state index contributed by atoms with van der Waals surface area (Å²) in [4.78, 5) is 16.5. The van der Waals surface area contributed by atoms with Gasteiger partial charge in [-0.25, -0.2) is 4.98 Å². The Bertz CT molecular complexity index is 1030. The van der Waals surface area contributed by atoms with Gasteiger partial charge in [-0.1, -0.05) is 44.2 Å². The Balaban J connectivity index is 1.73. The summed E-state index contributed by atoms with van der Waals surface area (Å²) in [5.74, 6) is 2.23. The van der Waals surface area contributed by atoms with E-state index in [1.54, 1.807) is 6.08 Å². The van der Waals surface area contributed by atoms with E-state index >= 15 is 0 Å². The van der Waals surface area contributed by atoms with E-state index in [0.29, 0.717) is 32.0 Å². The number of hydrogen-bond donors (Lipinski definition) is 1. The second kappa shape index (κ2) is 10.1. The van der Waals surface area contributed by atoms with Gasteiger partial charge in [-0.05, 0) is 55.2 Å². The molecule has 158 valence electrons. The highest BCUT2D eigenvalue weighted by Gasteiger charge is 2.12. The average molecular weight is 406 g/mol. The van der Waals surface area contributed by atoms with Gasteiger partial charge in [0.05, 0.1) is 17.6 Å². The molecule has 1 amide bonds. The Morgan fingerprint density at radius 2 is 2.03 bits per heavy atom. The number of hydrogen-bond acceptors (Lipinski definition) is 3. The Hall–Kier alpha value is -3.08. The Kier molecular flexibility index (Phi) is 7.28. The highest BCUT2D eigenvalue weighted by Crippen LogP contribution is 2.27. The molecule has 1 N–H and O–H groups in total. The first-order valence-electron chi connectivity index (χ1n) is 10.6. The molecule has 0 saturated carbocycles. The zero-order chi connectivity index (χ0) is 21.5. The molecule has 3 aromatic rings. The number of nitrogens with one attached hydrogen (secondary N) is 1. The largest absolute Gasteiger partial charge is 0.491 e. The number of imidazole rings is 1. The number of nitrogens with zero attached hydrogens (tertiary/aromatic N) is 2. The minimum absolute atomic E-state index is 0.0795. The lowest BCUT2D eigenvalue weighted by atomic mass is 10.0. The number of fused-ring (bicyclic) bond motifs is 1. The molecule has 5 nitrogen and oxygen atoms in total. The maximum atomic E-state index is 11.7. The minimum Gasteiger partial charge on any atom is -0.491 e. The predicted octanol–water partition coefficient (Wildman–Crippen LogP) is 4.78. The number of amides is 1. The van der Waals surface area contributed by atoms with E-state index in [2.05, 4.69) is 54.9 Å². The number of para-hydroxylation sites is 2. The predicted molar refractivity (Wildman–Crippen MR) is 122 cm³/mol. The van der Waals surface area contributed by atoms with Gasteiger partial charge in [-0.3, -0.25) is 4.79 Å². The van der Waals surface area contributed by atoms with Crippen molar-refractivity contribution in [2.24, 2.45) is 0 Å². The van der Waals surface area contributed by atoms with E-state index in [0.717, 1.165) is 22.6 Å². The maximum Gasteiger partial charge on any atom is 0.243 e. The van der Waals surface area contributed by atoms with Crippen LogP contribution >= 0.6 is 0 Å². The van der Waals surface area contributed by atoms with Gasteiger partial charge >= 0.3 is 0 Å². The maximum absolute atomic E-state index is 11.7. The Morgan fingerprint density at radius 3 is 2.80 bits per heavy atom. The first-order chi connectivity index (χ1) is 14.5. The van der Waals surface area contributed by atoms with Crippen LogP contribution in [0.2, 0.25) is 0 Å². The average Bonchev–Trinajstić information content (AvgIpc) is 3.06. The van der Waals surface area contributed by atoms with Crippen molar-refractivity contribution in [3.05, 3.63) is 71.6 Å². The third-order valence-corrected chi connectivity index (χ3v) is 5.06. The van der Waals surface area contributed by atoms with Crippen molar-refractivity contribution in [3.8, 4) is 5.75 Å². The number of rotatable bonds is 9. The zero-order valence-corrected chi connectivity index (χ0v) is 18.3. The fraction of sp³-hybridized carbons (Fsp3) is 0.360. The van der Waals surface area contributed by atoms with Gasteiger partial charge in [0.25, 0.3) is 0 Å². The number of carbonyl (C=O) groups is 1. The van der Waals surface area contributed by atoms with E-state index in [1.807, 2.05) is 25.1 Å². The SMILES string of the molecule is C/C=C/C(=O)NCCc1nc2ccccc2n1CCOc1cc(C)ccc1C(C)C. The van der Waals surface area contributed by atoms with Crippen LogP contribution in [-0.2, 0) is 17.8 Å². The first kappa shape index (κ1) is 21.6. The summed E-state index contributed by atoms with van der Waals surface area (Å²) < 4.78 is 8.40. The van der Waals surface area contributed by atoms with Crippen LogP contribution in [0.5, 0.6) is 5.75 Å². The smallest absolute Gasteiger partial charge is 0.243 e. The highest BCUT2D eigenvalue weighted by molar-refractivity contribution is 5.87. The normalized spacial score (nSPS) is 11.5. The highest BCUT2D eigenvalue weighted by atomic mass is 16.5. The van der Waals surface area contributed by atoms with Crippen LogP contribution in [0.25, 0.3) is 11.0 Å². The van der Waals surface area contributed by atoms with Crippen molar-refractivity contribution in [2.45, 2.75) is 46.6 Å². The van der Waals surface area contributed by atoms with E-state index in [1.165, 1.54) is 17.2 Å². The van der Waals surface area contributed by atoms with E-state index in [9.17, 15) is 4.79 Å². The molecule has 1 aromatic heterocycles. The molecule has 0 unspecified atom stereocenters. The standard InChI is InChI=1S/C25H31N3O2/c1-5-8-25(29)26-14-13-24-27-21-9-6-7-10-22(21)28(24)15-16-30-23-17-19(4)11-12-20(23)18(2)3/h5-12,17-18H,13-16H2,1-4H3,(H,26,29)/b8-5+.